The molecule has 5 nitrogen and oxygen atoms in total. The van der Waals surface area contributed by atoms with Crippen molar-refractivity contribution in [3.63, 3.8) is 0 Å². The highest BCUT2D eigenvalue weighted by molar-refractivity contribution is 5.70. The summed E-state index contributed by atoms with van der Waals surface area (Å²) in [6, 6.07) is 21.8. The third-order valence-electron chi connectivity index (χ3n) is 6.92. The van der Waals surface area contributed by atoms with Gasteiger partial charge in [-0.3, -0.25) is 14.7 Å². The highest BCUT2D eigenvalue weighted by Crippen LogP contribution is 2.47. The first kappa shape index (κ1) is 23.3. The topological polar surface area (TPSA) is 36.0 Å². The molecular weight excluding hydrogens is 410 g/mol. The molecule has 0 saturated carbocycles. The van der Waals surface area contributed by atoms with Crippen LogP contribution in [0.3, 0.4) is 0 Å². The van der Waals surface area contributed by atoms with Crippen molar-refractivity contribution in [3.8, 4) is 0 Å². The van der Waals surface area contributed by atoms with Gasteiger partial charge in [-0.2, -0.15) is 0 Å². The number of carbonyl (C=O) groups excluding carboxylic acids is 1. The SMILES string of the molecule is CCCCC1C=CC(C2N(C)[C@@H](c3ccccc3)[C@H](c3ccccc3)N2C)=CN1C(=O)OC. The maximum Gasteiger partial charge on any atom is 0.414 e. The molecule has 0 N–H and O–H groups in total. The summed E-state index contributed by atoms with van der Waals surface area (Å²) in [6.45, 7) is 2.17. The molecule has 0 aromatic heterocycles. The van der Waals surface area contributed by atoms with Gasteiger partial charge < -0.3 is 4.74 Å². The van der Waals surface area contributed by atoms with Crippen LogP contribution < -0.4 is 0 Å². The highest BCUT2D eigenvalue weighted by Gasteiger charge is 2.46. The summed E-state index contributed by atoms with van der Waals surface area (Å²) in [4.78, 5) is 19.2. The van der Waals surface area contributed by atoms with E-state index in [9.17, 15) is 4.79 Å². The van der Waals surface area contributed by atoms with E-state index in [-0.39, 0.29) is 30.4 Å². The Morgan fingerprint density at radius 3 is 1.94 bits per heavy atom. The van der Waals surface area contributed by atoms with Gasteiger partial charge in [0.2, 0.25) is 0 Å². The molecule has 1 saturated heterocycles. The number of unbranched alkanes of at least 4 members (excludes halogenated alkanes) is 1. The van der Waals surface area contributed by atoms with Crippen LogP contribution in [0.25, 0.3) is 0 Å². The number of nitrogens with zero attached hydrogens (tertiary/aromatic N) is 3. The molecule has 2 aromatic rings. The van der Waals surface area contributed by atoms with Gasteiger partial charge in [0.25, 0.3) is 0 Å². The van der Waals surface area contributed by atoms with Crippen molar-refractivity contribution in [2.24, 2.45) is 0 Å². The number of amides is 1. The van der Waals surface area contributed by atoms with E-state index in [0.29, 0.717) is 0 Å². The molecule has 1 amide bonds. The number of ether oxygens (including phenoxy) is 1. The highest BCUT2D eigenvalue weighted by atomic mass is 16.5. The number of hydrogen-bond acceptors (Lipinski definition) is 4. The minimum atomic E-state index is -0.305. The zero-order valence-corrected chi connectivity index (χ0v) is 20.1. The van der Waals surface area contributed by atoms with E-state index in [1.165, 1.54) is 18.2 Å². The lowest BCUT2D eigenvalue weighted by Gasteiger charge is -2.34. The summed E-state index contributed by atoms with van der Waals surface area (Å²) in [5.74, 6) is 0. The molecule has 2 aromatic carbocycles. The number of carbonyl (C=O) groups is 1. The minimum absolute atomic E-state index is 0.0240. The van der Waals surface area contributed by atoms with E-state index in [2.05, 4.69) is 104 Å². The van der Waals surface area contributed by atoms with E-state index in [4.69, 9.17) is 4.74 Å². The molecule has 2 heterocycles. The van der Waals surface area contributed by atoms with Gasteiger partial charge in [0.15, 0.2) is 0 Å². The van der Waals surface area contributed by atoms with Crippen LogP contribution in [-0.4, -0.2) is 54.2 Å². The molecule has 4 rings (SSSR count). The molecule has 0 bridgehead atoms. The first-order valence-corrected chi connectivity index (χ1v) is 11.9. The second-order valence-corrected chi connectivity index (χ2v) is 8.99. The van der Waals surface area contributed by atoms with Crippen molar-refractivity contribution in [2.75, 3.05) is 21.2 Å². The third kappa shape index (κ3) is 4.61. The molecule has 0 spiro atoms. The fraction of sp³-hybridized carbons (Fsp3) is 0.393. The molecule has 1 unspecified atom stereocenters. The lowest BCUT2D eigenvalue weighted by Crippen LogP contribution is -2.42. The summed E-state index contributed by atoms with van der Waals surface area (Å²) in [7, 11) is 5.82. The molecule has 0 aliphatic carbocycles. The largest absolute Gasteiger partial charge is 0.452 e. The Labute approximate surface area is 197 Å². The number of methoxy groups -OCH3 is 1. The maximum absolute atomic E-state index is 12.6. The fourth-order valence-electron chi connectivity index (χ4n) is 5.35. The predicted molar refractivity (Wildman–Crippen MR) is 132 cm³/mol. The summed E-state index contributed by atoms with van der Waals surface area (Å²) in [5, 5.41) is 0. The summed E-state index contributed by atoms with van der Waals surface area (Å²) < 4.78 is 5.13. The Kier molecular flexibility index (Phi) is 7.31. The number of benzene rings is 2. The van der Waals surface area contributed by atoms with Crippen molar-refractivity contribution in [1.29, 1.82) is 0 Å². The standard InChI is InChI=1S/C28H35N3O2/c1-5-6-17-24-19-18-23(20-31(24)28(32)33-4)27-29(2)25(21-13-9-7-10-14-21)26(30(27)3)22-15-11-8-12-16-22/h7-16,18-20,24-27H,5-6,17H2,1-4H3/t24?,25-,26-/m0/s1. The van der Waals surface area contributed by atoms with Crippen LogP contribution in [0.1, 0.15) is 49.4 Å². The second-order valence-electron chi connectivity index (χ2n) is 8.99. The van der Waals surface area contributed by atoms with Crippen molar-refractivity contribution < 1.29 is 9.53 Å². The van der Waals surface area contributed by atoms with Crippen LogP contribution >= 0.6 is 0 Å². The Hall–Kier alpha value is -2.89. The predicted octanol–water partition coefficient (Wildman–Crippen LogP) is 5.75. The van der Waals surface area contributed by atoms with Crippen LogP contribution in [0, 0.1) is 0 Å². The average molecular weight is 446 g/mol. The molecule has 2 aliphatic rings. The van der Waals surface area contributed by atoms with Crippen molar-refractivity contribution in [1.82, 2.24) is 14.7 Å². The molecule has 0 radical (unpaired) electrons. The molecule has 1 fully saturated rings. The van der Waals surface area contributed by atoms with Gasteiger partial charge in [-0.25, -0.2) is 4.79 Å². The molecule has 174 valence electrons. The van der Waals surface area contributed by atoms with Crippen molar-refractivity contribution in [2.45, 2.75) is 50.5 Å². The number of likely N-dealkylation sites (N-methyl/N-ethyl adjacent to an activating group) is 2. The smallest absolute Gasteiger partial charge is 0.414 e. The summed E-state index contributed by atoms with van der Waals surface area (Å²) >= 11 is 0. The maximum atomic E-state index is 12.6. The van der Waals surface area contributed by atoms with E-state index in [1.54, 1.807) is 4.90 Å². The van der Waals surface area contributed by atoms with Crippen LogP contribution in [0.2, 0.25) is 0 Å². The Balaban J connectivity index is 1.72. The van der Waals surface area contributed by atoms with Crippen LogP contribution in [-0.2, 0) is 4.74 Å². The van der Waals surface area contributed by atoms with Gasteiger partial charge in [-0.15, -0.1) is 0 Å². The van der Waals surface area contributed by atoms with Crippen molar-refractivity contribution >= 4 is 6.09 Å². The first-order valence-electron chi connectivity index (χ1n) is 11.9. The molecule has 33 heavy (non-hydrogen) atoms. The van der Waals surface area contributed by atoms with Crippen LogP contribution in [0.15, 0.2) is 84.6 Å². The normalized spacial score (nSPS) is 24.2. The fourth-order valence-corrected chi connectivity index (χ4v) is 5.35. The van der Waals surface area contributed by atoms with Gasteiger partial charge in [0, 0.05) is 11.8 Å². The molecule has 5 heteroatoms. The first-order chi connectivity index (χ1) is 16.1. The Morgan fingerprint density at radius 1 is 0.909 bits per heavy atom. The van der Waals surface area contributed by atoms with Gasteiger partial charge in [-0.1, -0.05) is 92.6 Å². The van der Waals surface area contributed by atoms with E-state index >= 15 is 0 Å². The van der Waals surface area contributed by atoms with Crippen LogP contribution in [0.4, 0.5) is 4.79 Å². The van der Waals surface area contributed by atoms with Gasteiger partial charge in [0.1, 0.15) is 0 Å². The number of hydrogen-bond donors (Lipinski definition) is 0. The second kappa shape index (κ2) is 10.4. The summed E-state index contributed by atoms with van der Waals surface area (Å²) in [6.07, 6.45) is 9.18. The van der Waals surface area contributed by atoms with E-state index < -0.39 is 0 Å². The van der Waals surface area contributed by atoms with Gasteiger partial charge in [-0.05, 0) is 31.6 Å². The molecule has 3 atom stereocenters. The van der Waals surface area contributed by atoms with Crippen LogP contribution in [0.5, 0.6) is 0 Å². The Bertz CT molecular complexity index is 937. The van der Waals surface area contributed by atoms with Gasteiger partial charge in [0.05, 0.1) is 31.4 Å². The third-order valence-corrected chi connectivity index (χ3v) is 6.92. The van der Waals surface area contributed by atoms with E-state index in [0.717, 1.165) is 24.8 Å². The quantitative estimate of drug-likeness (QED) is 0.567. The lowest BCUT2D eigenvalue weighted by molar-refractivity contribution is 0.127. The lowest BCUT2D eigenvalue weighted by atomic mass is 9.93. The van der Waals surface area contributed by atoms with E-state index in [1.807, 2.05) is 6.20 Å². The molecular formula is C28H35N3O2. The van der Waals surface area contributed by atoms with Gasteiger partial charge >= 0.3 is 6.09 Å². The average Bonchev–Trinajstić information content (AvgIpc) is 3.13. The minimum Gasteiger partial charge on any atom is -0.452 e. The monoisotopic (exact) mass is 445 g/mol. The van der Waals surface area contributed by atoms with Crippen molar-refractivity contribution in [3.05, 3.63) is 95.7 Å². The molecule has 2 aliphatic heterocycles. The summed E-state index contributed by atoms with van der Waals surface area (Å²) in [5.41, 5.74) is 3.67. The Morgan fingerprint density at radius 2 is 1.45 bits per heavy atom. The zero-order valence-electron chi connectivity index (χ0n) is 20.1. The number of rotatable bonds is 6. The zero-order chi connectivity index (χ0) is 23.4.